The second-order valence-electron chi connectivity index (χ2n) is 3.44. The maximum absolute atomic E-state index is 5.72. The molecule has 1 aromatic rings. The van der Waals surface area contributed by atoms with E-state index in [2.05, 4.69) is 14.9 Å². The summed E-state index contributed by atoms with van der Waals surface area (Å²) in [4.78, 5) is 10.2. The summed E-state index contributed by atoms with van der Waals surface area (Å²) in [5.41, 5.74) is 6.44. The number of nitrogens with zero attached hydrogens (tertiary/aromatic N) is 3. The highest BCUT2D eigenvalue weighted by Crippen LogP contribution is 2.10. The molecule has 1 saturated heterocycles. The van der Waals surface area contributed by atoms with Crippen LogP contribution in [-0.4, -0.2) is 41.2 Å². The second-order valence-corrected chi connectivity index (χ2v) is 3.78. The number of ether oxygens (including phenoxy) is 1. The number of aromatic nitrogens is 2. The molecule has 0 unspecified atom stereocenters. The normalized spacial score (nSPS) is 17.9. The van der Waals surface area contributed by atoms with Crippen molar-refractivity contribution in [1.29, 1.82) is 0 Å². The molecule has 0 amide bonds. The summed E-state index contributed by atoms with van der Waals surface area (Å²) in [5.74, 6) is 0.415. The van der Waals surface area contributed by atoms with E-state index in [-0.39, 0.29) is 5.28 Å². The van der Waals surface area contributed by atoms with Crippen LogP contribution in [0.4, 0.5) is 5.82 Å². The average Bonchev–Trinajstić information content (AvgIpc) is 2.17. The van der Waals surface area contributed by atoms with E-state index < -0.39 is 0 Å². The molecule has 2 rings (SSSR count). The molecule has 0 aliphatic carbocycles. The first-order valence-corrected chi connectivity index (χ1v) is 5.21. The molecule has 0 saturated carbocycles. The number of nitrogens with two attached hydrogens (primary N) is 1. The number of rotatable bonds is 2. The molecule has 15 heavy (non-hydrogen) atoms. The Morgan fingerprint density at radius 3 is 2.80 bits per heavy atom. The number of morpholine rings is 1. The van der Waals surface area contributed by atoms with Crippen LogP contribution in [0.2, 0.25) is 5.28 Å². The highest BCUT2D eigenvalue weighted by Gasteiger charge is 2.12. The van der Waals surface area contributed by atoms with Crippen LogP contribution >= 0.6 is 11.6 Å². The third kappa shape index (κ3) is 3.02. The molecule has 1 aromatic heterocycles. The summed E-state index contributed by atoms with van der Waals surface area (Å²) in [5, 5.41) is 0.207. The van der Waals surface area contributed by atoms with Crippen molar-refractivity contribution in [1.82, 2.24) is 14.9 Å². The van der Waals surface area contributed by atoms with Crippen molar-refractivity contribution >= 4 is 17.4 Å². The summed E-state index contributed by atoms with van der Waals surface area (Å²) < 4.78 is 5.26. The third-order valence-corrected chi connectivity index (χ3v) is 2.43. The Kier molecular flexibility index (Phi) is 3.35. The summed E-state index contributed by atoms with van der Waals surface area (Å²) in [6.07, 6.45) is 0. The Hall–Kier alpha value is -0.910. The van der Waals surface area contributed by atoms with Gasteiger partial charge in [0.15, 0.2) is 0 Å². The second kappa shape index (κ2) is 4.74. The predicted octanol–water partition coefficient (Wildman–Crippen LogP) is 0.544. The summed E-state index contributed by atoms with van der Waals surface area (Å²) >= 11 is 5.72. The van der Waals surface area contributed by atoms with Crippen molar-refractivity contribution in [3.8, 4) is 0 Å². The van der Waals surface area contributed by atoms with Gasteiger partial charge in [-0.05, 0) is 11.6 Å². The predicted molar refractivity (Wildman–Crippen MR) is 57.6 cm³/mol. The minimum atomic E-state index is 0.207. The zero-order valence-corrected chi connectivity index (χ0v) is 9.07. The first-order valence-electron chi connectivity index (χ1n) is 4.83. The zero-order valence-electron chi connectivity index (χ0n) is 8.32. The summed E-state index contributed by atoms with van der Waals surface area (Å²) in [6, 6.07) is 1.75. The van der Waals surface area contributed by atoms with Gasteiger partial charge in [-0.15, -0.1) is 0 Å². The maximum Gasteiger partial charge on any atom is 0.224 e. The monoisotopic (exact) mass is 228 g/mol. The molecular formula is C9H13ClN4O. The minimum absolute atomic E-state index is 0.207. The van der Waals surface area contributed by atoms with Crippen LogP contribution in [0, 0.1) is 0 Å². The Labute approximate surface area is 93.2 Å². The molecule has 0 aromatic carbocycles. The van der Waals surface area contributed by atoms with Crippen LogP contribution in [-0.2, 0) is 11.3 Å². The van der Waals surface area contributed by atoms with Crippen molar-refractivity contribution in [3.63, 3.8) is 0 Å². The summed E-state index contributed by atoms with van der Waals surface area (Å²) in [7, 11) is 0. The number of hydrogen-bond acceptors (Lipinski definition) is 5. The minimum Gasteiger partial charge on any atom is -0.384 e. The first-order chi connectivity index (χ1) is 7.24. The molecule has 5 nitrogen and oxygen atoms in total. The SMILES string of the molecule is Nc1cc(CN2CCOCC2)nc(Cl)n1. The topological polar surface area (TPSA) is 64.3 Å². The van der Waals surface area contributed by atoms with Crippen molar-refractivity contribution < 1.29 is 4.74 Å². The Bertz CT molecular complexity index is 321. The lowest BCUT2D eigenvalue weighted by Gasteiger charge is -2.26. The quantitative estimate of drug-likeness (QED) is 0.749. The molecule has 0 bridgehead atoms. The van der Waals surface area contributed by atoms with Crippen molar-refractivity contribution in [2.75, 3.05) is 32.0 Å². The lowest BCUT2D eigenvalue weighted by atomic mass is 10.3. The van der Waals surface area contributed by atoms with E-state index in [0.717, 1.165) is 38.5 Å². The molecule has 1 aliphatic heterocycles. The first kappa shape index (κ1) is 10.6. The molecule has 6 heteroatoms. The average molecular weight is 229 g/mol. The molecule has 82 valence electrons. The Morgan fingerprint density at radius 2 is 2.13 bits per heavy atom. The van der Waals surface area contributed by atoms with E-state index in [0.29, 0.717) is 5.82 Å². The van der Waals surface area contributed by atoms with Crippen molar-refractivity contribution in [3.05, 3.63) is 17.0 Å². The van der Waals surface area contributed by atoms with Gasteiger partial charge >= 0.3 is 0 Å². The standard InChI is InChI=1S/C9H13ClN4O/c10-9-12-7(5-8(11)13-9)6-14-1-3-15-4-2-14/h5H,1-4,6H2,(H2,11,12,13). The highest BCUT2D eigenvalue weighted by molar-refractivity contribution is 6.28. The van der Waals surface area contributed by atoms with E-state index in [1.165, 1.54) is 0 Å². The fourth-order valence-corrected chi connectivity index (χ4v) is 1.76. The van der Waals surface area contributed by atoms with Gasteiger partial charge in [0.1, 0.15) is 5.82 Å². The third-order valence-electron chi connectivity index (χ3n) is 2.26. The van der Waals surface area contributed by atoms with Gasteiger partial charge in [0.25, 0.3) is 0 Å². The smallest absolute Gasteiger partial charge is 0.224 e. The Balaban J connectivity index is 2.02. The summed E-state index contributed by atoms with van der Waals surface area (Å²) in [6.45, 7) is 4.13. The molecule has 0 radical (unpaired) electrons. The number of nitrogen functional groups attached to an aromatic ring is 1. The van der Waals surface area contributed by atoms with E-state index in [4.69, 9.17) is 22.1 Å². The van der Waals surface area contributed by atoms with Crippen LogP contribution in [0.15, 0.2) is 6.07 Å². The van der Waals surface area contributed by atoms with E-state index >= 15 is 0 Å². The zero-order chi connectivity index (χ0) is 10.7. The number of anilines is 1. The number of halogens is 1. The molecule has 2 heterocycles. The van der Waals surface area contributed by atoms with Crippen molar-refractivity contribution in [2.45, 2.75) is 6.54 Å². The van der Waals surface area contributed by atoms with Crippen LogP contribution in [0.25, 0.3) is 0 Å². The fourth-order valence-electron chi connectivity index (χ4n) is 1.55. The molecule has 0 atom stereocenters. The molecule has 1 aliphatic rings. The van der Waals surface area contributed by atoms with Crippen LogP contribution < -0.4 is 5.73 Å². The van der Waals surface area contributed by atoms with Crippen molar-refractivity contribution in [2.24, 2.45) is 0 Å². The van der Waals surface area contributed by atoms with Gasteiger partial charge in [-0.3, -0.25) is 4.90 Å². The van der Waals surface area contributed by atoms with E-state index in [1.807, 2.05) is 0 Å². The van der Waals surface area contributed by atoms with E-state index in [1.54, 1.807) is 6.07 Å². The lowest BCUT2D eigenvalue weighted by Crippen LogP contribution is -2.35. The molecule has 1 fully saturated rings. The Morgan fingerprint density at radius 1 is 1.40 bits per heavy atom. The van der Waals surface area contributed by atoms with Gasteiger partial charge in [0.05, 0.1) is 18.9 Å². The van der Waals surface area contributed by atoms with Crippen LogP contribution in [0.3, 0.4) is 0 Å². The molecular weight excluding hydrogens is 216 g/mol. The molecule has 2 N–H and O–H groups in total. The van der Waals surface area contributed by atoms with Gasteiger partial charge in [0, 0.05) is 25.7 Å². The van der Waals surface area contributed by atoms with Gasteiger partial charge in [-0.1, -0.05) is 0 Å². The fraction of sp³-hybridized carbons (Fsp3) is 0.556. The largest absolute Gasteiger partial charge is 0.384 e. The lowest BCUT2D eigenvalue weighted by molar-refractivity contribution is 0.0336. The van der Waals surface area contributed by atoms with Crippen LogP contribution in [0.5, 0.6) is 0 Å². The highest BCUT2D eigenvalue weighted by atomic mass is 35.5. The van der Waals surface area contributed by atoms with Gasteiger partial charge < -0.3 is 10.5 Å². The van der Waals surface area contributed by atoms with E-state index in [9.17, 15) is 0 Å². The van der Waals surface area contributed by atoms with Gasteiger partial charge in [0.2, 0.25) is 5.28 Å². The molecule has 0 spiro atoms. The number of hydrogen-bond donors (Lipinski definition) is 1. The van der Waals surface area contributed by atoms with Gasteiger partial charge in [-0.2, -0.15) is 0 Å². The van der Waals surface area contributed by atoms with Crippen LogP contribution in [0.1, 0.15) is 5.69 Å². The van der Waals surface area contributed by atoms with Gasteiger partial charge in [-0.25, -0.2) is 9.97 Å². The maximum atomic E-state index is 5.72.